The molecule has 0 aromatic rings. The molecule has 6 heteroatoms. The zero-order valence-electron chi connectivity index (χ0n) is 10.8. The van der Waals surface area contributed by atoms with Crippen LogP contribution in [0.1, 0.15) is 34.1 Å². The maximum atomic E-state index is 11.5. The number of amides is 1. The summed E-state index contributed by atoms with van der Waals surface area (Å²) >= 11 is 0. The van der Waals surface area contributed by atoms with Crippen molar-refractivity contribution in [3.05, 3.63) is 0 Å². The van der Waals surface area contributed by atoms with Crippen LogP contribution < -0.4 is 11.1 Å². The first kappa shape index (κ1) is 15.7. The van der Waals surface area contributed by atoms with Gasteiger partial charge in [-0.15, -0.1) is 0 Å². The van der Waals surface area contributed by atoms with E-state index in [-0.39, 0.29) is 5.92 Å². The molecule has 0 aliphatic rings. The number of nitrogens with two attached hydrogens (primary N) is 1. The molecule has 0 spiro atoms. The second kappa shape index (κ2) is 6.44. The first-order valence-electron chi connectivity index (χ1n) is 5.59. The molecule has 2 unspecified atom stereocenters. The smallest absolute Gasteiger partial charge is 0.408 e. The molecule has 0 aliphatic carbocycles. The molecule has 1 amide bonds. The van der Waals surface area contributed by atoms with E-state index in [0.717, 1.165) is 0 Å². The predicted molar refractivity (Wildman–Crippen MR) is 63.6 cm³/mol. The number of hydrogen-bond donors (Lipinski definition) is 3. The minimum Gasteiger partial charge on any atom is -0.480 e. The Morgan fingerprint density at radius 2 is 1.94 bits per heavy atom. The number of carbonyl (C=O) groups is 2. The van der Waals surface area contributed by atoms with E-state index in [0.29, 0.717) is 13.0 Å². The Bertz CT molecular complexity index is 273. The highest BCUT2D eigenvalue weighted by Crippen LogP contribution is 2.11. The van der Waals surface area contributed by atoms with Crippen molar-refractivity contribution in [3.8, 4) is 0 Å². The summed E-state index contributed by atoms with van der Waals surface area (Å²) < 4.78 is 5.00. The van der Waals surface area contributed by atoms with Crippen LogP contribution in [0.15, 0.2) is 0 Å². The molecule has 0 bridgehead atoms. The van der Waals surface area contributed by atoms with Gasteiger partial charge in [-0.05, 0) is 39.7 Å². The third-order valence-corrected chi connectivity index (χ3v) is 2.13. The summed E-state index contributed by atoms with van der Waals surface area (Å²) in [5.41, 5.74) is 4.71. The van der Waals surface area contributed by atoms with E-state index in [1.807, 2.05) is 0 Å². The lowest BCUT2D eigenvalue weighted by Crippen LogP contribution is -2.47. The van der Waals surface area contributed by atoms with E-state index in [1.54, 1.807) is 27.7 Å². The fraction of sp³-hybridized carbons (Fsp3) is 0.818. The normalized spacial score (nSPS) is 14.9. The highest BCUT2D eigenvalue weighted by atomic mass is 16.6. The molecule has 0 saturated carbocycles. The van der Waals surface area contributed by atoms with Gasteiger partial charge in [0.25, 0.3) is 0 Å². The van der Waals surface area contributed by atoms with Crippen LogP contribution in [-0.4, -0.2) is 35.4 Å². The van der Waals surface area contributed by atoms with E-state index >= 15 is 0 Å². The Balaban J connectivity index is 4.45. The van der Waals surface area contributed by atoms with Crippen LogP contribution in [0.25, 0.3) is 0 Å². The minimum atomic E-state index is -1.09. The SMILES string of the molecule is CC(CCN)C(NC(=O)OC(C)(C)C)C(=O)O. The number of aliphatic carboxylic acids is 1. The molecule has 0 radical (unpaired) electrons. The number of ether oxygens (including phenoxy) is 1. The molecule has 2 atom stereocenters. The van der Waals surface area contributed by atoms with Gasteiger partial charge in [-0.3, -0.25) is 0 Å². The van der Waals surface area contributed by atoms with E-state index in [2.05, 4.69) is 5.32 Å². The van der Waals surface area contributed by atoms with Crippen molar-refractivity contribution >= 4 is 12.1 Å². The summed E-state index contributed by atoms with van der Waals surface area (Å²) in [5, 5.41) is 11.3. The maximum Gasteiger partial charge on any atom is 0.408 e. The Hall–Kier alpha value is -1.30. The quantitative estimate of drug-likeness (QED) is 0.670. The molecule has 0 aromatic carbocycles. The van der Waals surface area contributed by atoms with E-state index in [1.165, 1.54) is 0 Å². The van der Waals surface area contributed by atoms with Crippen molar-refractivity contribution in [2.75, 3.05) is 6.54 Å². The average Bonchev–Trinajstić information content (AvgIpc) is 2.11. The highest BCUT2D eigenvalue weighted by Gasteiger charge is 2.28. The Labute approximate surface area is 102 Å². The van der Waals surface area contributed by atoms with Gasteiger partial charge in [-0.2, -0.15) is 0 Å². The highest BCUT2D eigenvalue weighted by molar-refractivity contribution is 5.80. The van der Waals surface area contributed by atoms with Crippen LogP contribution in [0.3, 0.4) is 0 Å². The Kier molecular flexibility index (Phi) is 5.95. The summed E-state index contributed by atoms with van der Waals surface area (Å²) in [5.74, 6) is -1.33. The first-order valence-corrected chi connectivity index (χ1v) is 5.59. The summed E-state index contributed by atoms with van der Waals surface area (Å²) in [6.45, 7) is 7.24. The van der Waals surface area contributed by atoms with Gasteiger partial charge in [0.2, 0.25) is 0 Å². The molecule has 0 aromatic heterocycles. The van der Waals surface area contributed by atoms with Gasteiger partial charge >= 0.3 is 12.1 Å². The fourth-order valence-corrected chi connectivity index (χ4v) is 1.31. The molecule has 6 nitrogen and oxygen atoms in total. The fourth-order valence-electron chi connectivity index (χ4n) is 1.31. The van der Waals surface area contributed by atoms with Crippen LogP contribution in [0.5, 0.6) is 0 Å². The topological polar surface area (TPSA) is 102 Å². The lowest BCUT2D eigenvalue weighted by Gasteiger charge is -2.24. The molecule has 0 saturated heterocycles. The van der Waals surface area contributed by atoms with Gasteiger partial charge in [0.1, 0.15) is 11.6 Å². The van der Waals surface area contributed by atoms with E-state index in [9.17, 15) is 9.59 Å². The summed E-state index contributed by atoms with van der Waals surface area (Å²) in [7, 11) is 0. The third-order valence-electron chi connectivity index (χ3n) is 2.13. The van der Waals surface area contributed by atoms with Gasteiger partial charge in [0.15, 0.2) is 0 Å². The van der Waals surface area contributed by atoms with Crippen molar-refractivity contribution < 1.29 is 19.4 Å². The number of rotatable bonds is 5. The summed E-state index contributed by atoms with van der Waals surface area (Å²) in [6, 6.07) is -0.978. The lowest BCUT2D eigenvalue weighted by atomic mass is 9.98. The molecule has 0 fully saturated rings. The third kappa shape index (κ3) is 6.78. The molecular weight excluding hydrogens is 224 g/mol. The van der Waals surface area contributed by atoms with Gasteiger partial charge in [0.05, 0.1) is 0 Å². The molecule has 100 valence electrons. The monoisotopic (exact) mass is 246 g/mol. The summed E-state index contributed by atoms with van der Waals surface area (Å²) in [6.07, 6.45) is -0.207. The van der Waals surface area contributed by atoms with Gasteiger partial charge in [-0.1, -0.05) is 6.92 Å². The maximum absolute atomic E-state index is 11.5. The molecule has 0 heterocycles. The lowest BCUT2D eigenvalue weighted by molar-refractivity contribution is -0.140. The molecular formula is C11H22N2O4. The van der Waals surface area contributed by atoms with Crippen molar-refractivity contribution in [3.63, 3.8) is 0 Å². The van der Waals surface area contributed by atoms with Crippen molar-refractivity contribution in [2.24, 2.45) is 11.7 Å². The molecule has 4 N–H and O–H groups in total. The second-order valence-electron chi connectivity index (χ2n) is 5.02. The summed E-state index contributed by atoms with van der Waals surface area (Å²) in [4.78, 5) is 22.5. The number of carboxylic acid groups (broad SMARTS) is 1. The van der Waals surface area contributed by atoms with Crippen LogP contribution in [0.2, 0.25) is 0 Å². The van der Waals surface area contributed by atoms with E-state index in [4.69, 9.17) is 15.6 Å². The number of carbonyl (C=O) groups excluding carboxylic acids is 1. The minimum absolute atomic E-state index is 0.245. The first-order chi connectivity index (χ1) is 7.67. The van der Waals surface area contributed by atoms with E-state index < -0.39 is 23.7 Å². The number of carboxylic acids is 1. The molecule has 0 rings (SSSR count). The number of hydrogen-bond acceptors (Lipinski definition) is 4. The zero-order valence-corrected chi connectivity index (χ0v) is 10.8. The average molecular weight is 246 g/mol. The number of nitrogens with one attached hydrogen (secondary N) is 1. The van der Waals surface area contributed by atoms with Gasteiger partial charge < -0.3 is 20.9 Å². The van der Waals surface area contributed by atoms with Crippen LogP contribution in [0, 0.1) is 5.92 Å². The van der Waals surface area contributed by atoms with Crippen molar-refractivity contribution in [1.29, 1.82) is 0 Å². The van der Waals surface area contributed by atoms with Crippen molar-refractivity contribution in [1.82, 2.24) is 5.32 Å². The zero-order chi connectivity index (χ0) is 13.6. The van der Waals surface area contributed by atoms with Crippen LogP contribution >= 0.6 is 0 Å². The van der Waals surface area contributed by atoms with Crippen LogP contribution in [-0.2, 0) is 9.53 Å². The molecule has 0 aliphatic heterocycles. The molecule has 17 heavy (non-hydrogen) atoms. The Morgan fingerprint density at radius 3 is 2.29 bits per heavy atom. The second-order valence-corrected chi connectivity index (χ2v) is 5.02. The standard InChI is InChI=1S/C11H22N2O4/c1-7(5-6-12)8(9(14)15)13-10(16)17-11(2,3)4/h7-8H,5-6,12H2,1-4H3,(H,13,16)(H,14,15). The van der Waals surface area contributed by atoms with Gasteiger partial charge in [-0.25, -0.2) is 9.59 Å². The number of alkyl carbamates (subject to hydrolysis) is 1. The van der Waals surface area contributed by atoms with Crippen LogP contribution in [0.4, 0.5) is 4.79 Å². The van der Waals surface area contributed by atoms with Gasteiger partial charge in [0, 0.05) is 0 Å². The Morgan fingerprint density at radius 1 is 1.41 bits per heavy atom. The largest absolute Gasteiger partial charge is 0.480 e. The van der Waals surface area contributed by atoms with Crippen molar-refractivity contribution in [2.45, 2.75) is 45.8 Å². The predicted octanol–water partition coefficient (Wildman–Crippen LogP) is 0.949.